The summed E-state index contributed by atoms with van der Waals surface area (Å²) in [4.78, 5) is 23.6. The van der Waals surface area contributed by atoms with Crippen LogP contribution < -0.4 is 5.32 Å². The van der Waals surface area contributed by atoms with E-state index in [1.165, 1.54) is 7.11 Å². The van der Waals surface area contributed by atoms with Gasteiger partial charge in [-0.1, -0.05) is 17.7 Å². The van der Waals surface area contributed by atoms with Crippen LogP contribution in [0.15, 0.2) is 30.3 Å². The molecule has 1 amide bonds. The van der Waals surface area contributed by atoms with E-state index < -0.39 is 17.9 Å². The summed E-state index contributed by atoms with van der Waals surface area (Å²) in [7, 11) is 1.38. The van der Waals surface area contributed by atoms with Crippen molar-refractivity contribution in [3.63, 3.8) is 0 Å². The van der Waals surface area contributed by atoms with Crippen LogP contribution in [-0.2, 0) is 9.53 Å². The number of methoxy groups -OCH3 is 1. The zero-order valence-electron chi connectivity index (χ0n) is 13.7. The van der Waals surface area contributed by atoms with Gasteiger partial charge in [-0.25, -0.2) is 4.79 Å². The molecule has 2 rings (SSSR count). The van der Waals surface area contributed by atoms with Gasteiger partial charge in [0.05, 0.1) is 12.2 Å². The fraction of sp³-hybridized carbons (Fsp3) is 0.294. The first-order valence-electron chi connectivity index (χ1n) is 7.32. The van der Waals surface area contributed by atoms with Crippen LogP contribution in [0, 0.1) is 13.8 Å². The van der Waals surface area contributed by atoms with Crippen LogP contribution in [0.2, 0.25) is 5.02 Å². The second-order valence-corrected chi connectivity index (χ2v) is 5.86. The van der Waals surface area contributed by atoms with Crippen molar-refractivity contribution in [1.29, 1.82) is 0 Å². The van der Waals surface area contributed by atoms with Gasteiger partial charge < -0.3 is 19.7 Å². The van der Waals surface area contributed by atoms with Gasteiger partial charge >= 0.3 is 5.97 Å². The number of nitrogens with zero attached hydrogens (tertiary/aromatic N) is 1. The number of rotatable bonds is 6. The number of carboxylic acids is 1. The van der Waals surface area contributed by atoms with Crippen LogP contribution >= 0.6 is 11.6 Å². The summed E-state index contributed by atoms with van der Waals surface area (Å²) in [6.07, 6.45) is 0. The highest BCUT2D eigenvalue weighted by Gasteiger charge is 2.23. The Balaban J connectivity index is 2.34. The monoisotopic (exact) mass is 350 g/mol. The molecule has 0 aliphatic rings. The number of nitrogens with one attached hydrogen (secondary N) is 1. The van der Waals surface area contributed by atoms with Crippen molar-refractivity contribution in [3.8, 4) is 5.69 Å². The van der Waals surface area contributed by atoms with Crippen LogP contribution in [-0.4, -0.2) is 41.3 Å². The third kappa shape index (κ3) is 3.77. The summed E-state index contributed by atoms with van der Waals surface area (Å²) in [6.45, 7) is 3.57. The van der Waals surface area contributed by atoms with E-state index in [9.17, 15) is 9.59 Å². The molecule has 0 aliphatic heterocycles. The molecule has 0 saturated carbocycles. The largest absolute Gasteiger partial charge is 0.480 e. The topological polar surface area (TPSA) is 80.6 Å². The van der Waals surface area contributed by atoms with E-state index in [4.69, 9.17) is 21.4 Å². The number of ether oxygens (including phenoxy) is 1. The number of aliphatic carboxylic acids is 1. The van der Waals surface area contributed by atoms with E-state index in [0.717, 1.165) is 11.4 Å². The number of carboxylic acid groups (broad SMARTS) is 1. The van der Waals surface area contributed by atoms with Crippen LogP contribution in [0.4, 0.5) is 0 Å². The highest BCUT2D eigenvalue weighted by Crippen LogP contribution is 2.23. The number of carbonyl (C=O) groups excluding carboxylic acids is 1. The molecule has 0 aliphatic carbocycles. The maximum Gasteiger partial charge on any atom is 0.328 e. The minimum absolute atomic E-state index is 0.103. The van der Waals surface area contributed by atoms with E-state index in [1.54, 1.807) is 25.1 Å². The Bertz CT molecular complexity index is 770. The van der Waals surface area contributed by atoms with Gasteiger partial charge in [-0.05, 0) is 38.1 Å². The molecule has 7 heteroatoms. The van der Waals surface area contributed by atoms with Gasteiger partial charge in [-0.2, -0.15) is 0 Å². The number of halogens is 1. The van der Waals surface area contributed by atoms with Crippen LogP contribution in [0.5, 0.6) is 0 Å². The molecule has 0 radical (unpaired) electrons. The van der Waals surface area contributed by atoms with Crippen molar-refractivity contribution < 1.29 is 19.4 Å². The van der Waals surface area contributed by atoms with Crippen molar-refractivity contribution in [2.45, 2.75) is 19.9 Å². The first-order chi connectivity index (χ1) is 11.3. The molecule has 0 saturated heterocycles. The highest BCUT2D eigenvalue weighted by atomic mass is 35.5. The Morgan fingerprint density at radius 3 is 2.62 bits per heavy atom. The van der Waals surface area contributed by atoms with E-state index in [-0.39, 0.29) is 6.61 Å². The van der Waals surface area contributed by atoms with Crippen LogP contribution in [0.1, 0.15) is 21.7 Å². The number of hydrogen-bond donors (Lipinski definition) is 2. The minimum Gasteiger partial charge on any atom is -0.480 e. The Kier molecular flexibility index (Phi) is 5.64. The summed E-state index contributed by atoms with van der Waals surface area (Å²) < 4.78 is 6.72. The molecule has 1 aromatic heterocycles. The average Bonchev–Trinajstić information content (AvgIpc) is 2.81. The van der Waals surface area contributed by atoms with Crippen LogP contribution in [0.3, 0.4) is 0 Å². The number of hydrogen-bond acceptors (Lipinski definition) is 3. The second-order valence-electron chi connectivity index (χ2n) is 5.42. The van der Waals surface area contributed by atoms with Crippen LogP contribution in [0.25, 0.3) is 5.69 Å². The van der Waals surface area contributed by atoms with Gasteiger partial charge in [-0.15, -0.1) is 0 Å². The number of aryl methyl sites for hydroxylation is 1. The molecule has 1 atom stereocenters. The third-order valence-electron chi connectivity index (χ3n) is 3.68. The molecule has 24 heavy (non-hydrogen) atoms. The Morgan fingerprint density at radius 2 is 2.04 bits per heavy atom. The minimum atomic E-state index is -1.14. The first kappa shape index (κ1) is 18.0. The van der Waals surface area contributed by atoms with Gasteiger partial charge in [0.1, 0.15) is 0 Å². The van der Waals surface area contributed by atoms with Crippen molar-refractivity contribution >= 4 is 23.5 Å². The average molecular weight is 351 g/mol. The van der Waals surface area contributed by atoms with Crippen molar-refractivity contribution in [1.82, 2.24) is 9.88 Å². The highest BCUT2D eigenvalue weighted by molar-refractivity contribution is 6.30. The lowest BCUT2D eigenvalue weighted by Crippen LogP contribution is -2.43. The summed E-state index contributed by atoms with van der Waals surface area (Å²) in [5, 5.41) is 12.2. The molecule has 2 aromatic rings. The smallest absolute Gasteiger partial charge is 0.328 e. The van der Waals surface area contributed by atoms with E-state index >= 15 is 0 Å². The third-order valence-corrected chi connectivity index (χ3v) is 3.91. The first-order valence-corrected chi connectivity index (χ1v) is 7.70. The SMILES string of the molecule is COCC(NC(=O)c1cc(C)n(-c2cccc(Cl)c2)c1C)C(=O)O. The van der Waals surface area contributed by atoms with E-state index in [2.05, 4.69) is 5.32 Å². The standard InChI is InChI=1S/C17H19ClN2O4/c1-10-7-14(16(21)19-15(9-24-3)17(22)23)11(2)20(10)13-6-4-5-12(18)8-13/h4-8,15H,9H2,1-3H3,(H,19,21)(H,22,23). The molecule has 1 heterocycles. The lowest BCUT2D eigenvalue weighted by molar-refractivity contribution is -0.140. The second kappa shape index (κ2) is 7.51. The quantitative estimate of drug-likeness (QED) is 0.839. The molecule has 0 bridgehead atoms. The molecule has 128 valence electrons. The molecule has 0 fully saturated rings. The Morgan fingerprint density at radius 1 is 1.33 bits per heavy atom. The molecule has 1 unspecified atom stereocenters. The number of amides is 1. The summed E-state index contributed by atoms with van der Waals surface area (Å²) in [5.41, 5.74) is 2.80. The lowest BCUT2D eigenvalue weighted by Gasteiger charge is -2.14. The van der Waals surface area contributed by atoms with Gasteiger partial charge in [0.2, 0.25) is 0 Å². The van der Waals surface area contributed by atoms with Gasteiger partial charge in [-0.3, -0.25) is 4.79 Å². The predicted octanol–water partition coefficient (Wildman–Crippen LogP) is 2.58. The normalized spacial score (nSPS) is 12.0. The van der Waals surface area contributed by atoms with Gasteiger partial charge in [0.15, 0.2) is 6.04 Å². The molecule has 1 aromatic carbocycles. The molecule has 6 nitrogen and oxygen atoms in total. The van der Waals surface area contributed by atoms with Crippen molar-refractivity contribution in [3.05, 3.63) is 52.3 Å². The Hall–Kier alpha value is -2.31. The predicted molar refractivity (Wildman–Crippen MR) is 91.0 cm³/mol. The van der Waals surface area contributed by atoms with Gasteiger partial charge in [0, 0.05) is 29.2 Å². The van der Waals surface area contributed by atoms with Crippen molar-refractivity contribution in [2.24, 2.45) is 0 Å². The number of carbonyl (C=O) groups is 2. The van der Waals surface area contributed by atoms with Gasteiger partial charge in [0.25, 0.3) is 5.91 Å². The Labute approximate surface area is 145 Å². The lowest BCUT2D eigenvalue weighted by atomic mass is 10.2. The number of aromatic nitrogens is 1. The zero-order chi connectivity index (χ0) is 17.9. The molecule has 0 spiro atoms. The summed E-state index contributed by atoms with van der Waals surface area (Å²) in [5.74, 6) is -1.60. The number of benzene rings is 1. The molecular formula is C17H19ClN2O4. The van der Waals surface area contributed by atoms with E-state index in [1.807, 2.05) is 23.6 Å². The fourth-order valence-electron chi connectivity index (χ4n) is 2.58. The summed E-state index contributed by atoms with van der Waals surface area (Å²) in [6, 6.07) is 7.91. The zero-order valence-corrected chi connectivity index (χ0v) is 14.4. The summed E-state index contributed by atoms with van der Waals surface area (Å²) >= 11 is 6.04. The maximum absolute atomic E-state index is 12.4. The fourth-order valence-corrected chi connectivity index (χ4v) is 2.77. The maximum atomic E-state index is 12.4. The molecule has 2 N–H and O–H groups in total. The molecular weight excluding hydrogens is 332 g/mol. The van der Waals surface area contributed by atoms with Crippen molar-refractivity contribution in [2.75, 3.05) is 13.7 Å². The van der Waals surface area contributed by atoms with E-state index in [0.29, 0.717) is 16.3 Å².